The van der Waals surface area contributed by atoms with Gasteiger partial charge in [-0.3, -0.25) is 14.4 Å². The van der Waals surface area contributed by atoms with Crippen LogP contribution in [0.2, 0.25) is 0 Å². The molecule has 0 bridgehead atoms. The molecule has 3 rings (SSSR count). The van der Waals surface area contributed by atoms with E-state index in [4.69, 9.17) is 0 Å². The van der Waals surface area contributed by atoms with Crippen molar-refractivity contribution in [2.45, 2.75) is 71.4 Å². The van der Waals surface area contributed by atoms with Gasteiger partial charge in [-0.15, -0.1) is 11.3 Å². The first-order valence-corrected chi connectivity index (χ1v) is 11.8. The summed E-state index contributed by atoms with van der Waals surface area (Å²) >= 11 is 1.45. The summed E-state index contributed by atoms with van der Waals surface area (Å²) in [4.78, 5) is 40.1. The standard InChI is InChI=1S/C24H33N3O3S/c1-16(28)27-13-9-5-6-10-17(27)14-19-18-11-7-8-12-20(18)31-22(19)23(30)25-15-21(29)26-24(2,3)4/h7-8,11-12,17H,5-6,9-10,13-15H2,1-4H3,(H,25,30)(H,26,29)/t17-/m1/s1. The molecule has 1 aliphatic heterocycles. The number of nitrogens with zero attached hydrogens (tertiary/aromatic N) is 1. The van der Waals surface area contributed by atoms with Crippen molar-refractivity contribution < 1.29 is 14.4 Å². The Morgan fingerprint density at radius 3 is 2.58 bits per heavy atom. The highest BCUT2D eigenvalue weighted by molar-refractivity contribution is 7.21. The van der Waals surface area contributed by atoms with Gasteiger partial charge >= 0.3 is 0 Å². The molecule has 168 valence electrons. The molecular weight excluding hydrogens is 410 g/mol. The quantitative estimate of drug-likeness (QED) is 0.736. The SMILES string of the molecule is CC(=O)N1CCCCC[C@@H]1Cc1c(C(=O)NCC(=O)NC(C)(C)C)sc2ccccc12. The molecule has 1 aromatic carbocycles. The number of likely N-dealkylation sites (tertiary alicyclic amines) is 1. The Morgan fingerprint density at radius 1 is 1.13 bits per heavy atom. The van der Waals surface area contributed by atoms with Crippen LogP contribution in [0.4, 0.5) is 0 Å². The summed E-state index contributed by atoms with van der Waals surface area (Å²) in [6, 6.07) is 8.09. The summed E-state index contributed by atoms with van der Waals surface area (Å²) in [7, 11) is 0. The molecule has 6 nitrogen and oxygen atoms in total. The summed E-state index contributed by atoms with van der Waals surface area (Å²) in [6.07, 6.45) is 4.84. The van der Waals surface area contributed by atoms with Gasteiger partial charge in [-0.25, -0.2) is 0 Å². The Bertz CT molecular complexity index is 961. The number of carbonyl (C=O) groups excluding carboxylic acids is 3. The van der Waals surface area contributed by atoms with Crippen LogP contribution in [0.15, 0.2) is 24.3 Å². The highest BCUT2D eigenvalue weighted by Crippen LogP contribution is 2.34. The predicted octanol–water partition coefficient (Wildman–Crippen LogP) is 3.88. The molecule has 1 saturated heterocycles. The number of thiophene rings is 1. The number of hydrogen-bond acceptors (Lipinski definition) is 4. The second-order valence-electron chi connectivity index (χ2n) is 9.31. The lowest BCUT2D eigenvalue weighted by Gasteiger charge is -2.29. The first kappa shape index (κ1) is 23.3. The van der Waals surface area contributed by atoms with Crippen molar-refractivity contribution in [1.29, 1.82) is 0 Å². The average Bonchev–Trinajstić information content (AvgIpc) is 2.88. The Morgan fingerprint density at radius 2 is 1.87 bits per heavy atom. The number of rotatable bonds is 5. The molecule has 0 unspecified atom stereocenters. The van der Waals surface area contributed by atoms with Crippen molar-refractivity contribution in [3.63, 3.8) is 0 Å². The summed E-state index contributed by atoms with van der Waals surface area (Å²) < 4.78 is 1.05. The number of amides is 3. The molecule has 2 heterocycles. The normalized spacial score (nSPS) is 17.3. The molecule has 2 aromatic rings. The number of carbonyl (C=O) groups is 3. The monoisotopic (exact) mass is 443 g/mol. The number of nitrogens with one attached hydrogen (secondary N) is 2. The van der Waals surface area contributed by atoms with Crippen LogP contribution >= 0.6 is 11.3 Å². The van der Waals surface area contributed by atoms with Crippen LogP contribution in [-0.4, -0.2) is 47.3 Å². The van der Waals surface area contributed by atoms with Crippen molar-refractivity contribution in [2.75, 3.05) is 13.1 Å². The van der Waals surface area contributed by atoms with Crippen LogP contribution in [0.5, 0.6) is 0 Å². The third kappa shape index (κ3) is 6.06. The summed E-state index contributed by atoms with van der Waals surface area (Å²) in [5.41, 5.74) is 0.632. The van der Waals surface area contributed by atoms with Gasteiger partial charge in [0.2, 0.25) is 11.8 Å². The second kappa shape index (κ2) is 9.81. The molecule has 31 heavy (non-hydrogen) atoms. The zero-order valence-electron chi connectivity index (χ0n) is 18.9. The summed E-state index contributed by atoms with van der Waals surface area (Å²) in [5.74, 6) is -0.352. The van der Waals surface area contributed by atoms with Crippen LogP contribution in [-0.2, 0) is 16.0 Å². The molecule has 0 saturated carbocycles. The van der Waals surface area contributed by atoms with Gasteiger partial charge in [-0.05, 0) is 57.0 Å². The van der Waals surface area contributed by atoms with Crippen molar-refractivity contribution in [2.24, 2.45) is 0 Å². The highest BCUT2D eigenvalue weighted by atomic mass is 32.1. The van der Waals surface area contributed by atoms with Crippen molar-refractivity contribution in [3.8, 4) is 0 Å². The minimum Gasteiger partial charge on any atom is -0.350 e. The van der Waals surface area contributed by atoms with E-state index in [-0.39, 0.29) is 35.8 Å². The number of fused-ring (bicyclic) bond motifs is 1. The second-order valence-corrected chi connectivity index (χ2v) is 10.4. The molecule has 1 fully saturated rings. The van der Waals surface area contributed by atoms with Crippen LogP contribution in [0.25, 0.3) is 10.1 Å². The van der Waals surface area contributed by atoms with Crippen molar-refractivity contribution >= 4 is 39.1 Å². The smallest absolute Gasteiger partial charge is 0.262 e. The van der Waals surface area contributed by atoms with Crippen LogP contribution < -0.4 is 10.6 Å². The van der Waals surface area contributed by atoms with Gasteiger partial charge < -0.3 is 15.5 Å². The third-order valence-electron chi connectivity index (χ3n) is 5.55. The van der Waals surface area contributed by atoms with Gasteiger partial charge in [-0.1, -0.05) is 31.0 Å². The Balaban J connectivity index is 1.85. The van der Waals surface area contributed by atoms with Gasteiger partial charge in [0, 0.05) is 29.7 Å². The lowest BCUT2D eigenvalue weighted by atomic mass is 9.98. The Labute approximate surface area is 188 Å². The molecule has 0 aliphatic carbocycles. The molecular formula is C24H33N3O3S. The summed E-state index contributed by atoms with van der Waals surface area (Å²) in [6.45, 7) is 8.06. The molecule has 1 aliphatic rings. The fourth-order valence-electron chi connectivity index (χ4n) is 4.23. The Hall–Kier alpha value is -2.41. The van der Waals surface area contributed by atoms with E-state index in [1.54, 1.807) is 6.92 Å². The molecule has 1 atom stereocenters. The van der Waals surface area contributed by atoms with E-state index in [1.807, 2.05) is 49.9 Å². The summed E-state index contributed by atoms with van der Waals surface area (Å²) in [5, 5.41) is 6.71. The maximum absolute atomic E-state index is 13.1. The largest absolute Gasteiger partial charge is 0.350 e. The van der Waals surface area contributed by atoms with Gasteiger partial charge in [0.25, 0.3) is 5.91 Å². The first-order valence-electron chi connectivity index (χ1n) is 11.0. The fourth-order valence-corrected chi connectivity index (χ4v) is 5.38. The number of benzene rings is 1. The van der Waals surface area contributed by atoms with E-state index >= 15 is 0 Å². The zero-order chi connectivity index (χ0) is 22.6. The van der Waals surface area contributed by atoms with Crippen LogP contribution in [0.1, 0.15) is 68.6 Å². The lowest BCUT2D eigenvalue weighted by molar-refractivity contribution is -0.131. The van der Waals surface area contributed by atoms with E-state index in [9.17, 15) is 14.4 Å². The van der Waals surface area contributed by atoms with Crippen molar-refractivity contribution in [3.05, 3.63) is 34.7 Å². The molecule has 0 radical (unpaired) electrons. The molecule has 3 amide bonds. The molecule has 0 spiro atoms. The van der Waals surface area contributed by atoms with Gasteiger partial charge in [0.15, 0.2) is 0 Å². The van der Waals surface area contributed by atoms with E-state index < -0.39 is 0 Å². The van der Waals surface area contributed by atoms with E-state index in [0.717, 1.165) is 47.9 Å². The molecule has 7 heteroatoms. The first-order chi connectivity index (χ1) is 14.7. The van der Waals surface area contributed by atoms with Crippen LogP contribution in [0.3, 0.4) is 0 Å². The fraction of sp³-hybridized carbons (Fsp3) is 0.542. The van der Waals surface area contributed by atoms with E-state index in [2.05, 4.69) is 10.6 Å². The van der Waals surface area contributed by atoms with E-state index in [0.29, 0.717) is 11.3 Å². The third-order valence-corrected chi connectivity index (χ3v) is 6.76. The average molecular weight is 444 g/mol. The van der Waals surface area contributed by atoms with Gasteiger partial charge in [0.05, 0.1) is 11.4 Å². The highest BCUT2D eigenvalue weighted by Gasteiger charge is 2.27. The number of hydrogen-bond donors (Lipinski definition) is 2. The maximum atomic E-state index is 13.1. The topological polar surface area (TPSA) is 78.5 Å². The van der Waals surface area contributed by atoms with Crippen molar-refractivity contribution in [1.82, 2.24) is 15.5 Å². The van der Waals surface area contributed by atoms with E-state index in [1.165, 1.54) is 11.3 Å². The lowest BCUT2D eigenvalue weighted by Crippen LogP contribution is -2.45. The minimum atomic E-state index is -0.347. The van der Waals surface area contributed by atoms with Crippen LogP contribution in [0, 0.1) is 0 Å². The molecule has 2 N–H and O–H groups in total. The molecule has 1 aromatic heterocycles. The maximum Gasteiger partial charge on any atom is 0.262 e. The minimum absolute atomic E-state index is 0.0627. The zero-order valence-corrected chi connectivity index (χ0v) is 19.7. The Kier molecular flexibility index (Phi) is 7.36. The van der Waals surface area contributed by atoms with Gasteiger partial charge in [-0.2, -0.15) is 0 Å². The van der Waals surface area contributed by atoms with Gasteiger partial charge in [0.1, 0.15) is 0 Å². The predicted molar refractivity (Wildman–Crippen MR) is 125 cm³/mol.